The zero-order valence-corrected chi connectivity index (χ0v) is 22.5. The Labute approximate surface area is 219 Å². The Morgan fingerprint density at radius 2 is 1.78 bits per heavy atom. The van der Waals surface area contributed by atoms with Crippen LogP contribution in [0.15, 0.2) is 48.7 Å². The van der Waals surface area contributed by atoms with Gasteiger partial charge in [-0.05, 0) is 57.4 Å². The van der Waals surface area contributed by atoms with E-state index in [2.05, 4.69) is 15.6 Å². The fourth-order valence-corrected chi connectivity index (χ4v) is 3.83. The lowest BCUT2D eigenvalue weighted by molar-refractivity contribution is -0.163. The maximum absolute atomic E-state index is 12.7. The highest BCUT2D eigenvalue weighted by molar-refractivity contribution is 5.88. The number of aliphatic hydroxyl groups excluding tert-OH is 1. The zero-order chi connectivity index (χ0) is 27.8. The summed E-state index contributed by atoms with van der Waals surface area (Å²) in [4.78, 5) is 42.1. The second kappa shape index (κ2) is 13.3. The van der Waals surface area contributed by atoms with Gasteiger partial charge in [-0.2, -0.15) is 0 Å². The van der Waals surface area contributed by atoms with E-state index in [9.17, 15) is 19.5 Å². The van der Waals surface area contributed by atoms with Crippen LogP contribution in [0.25, 0.3) is 11.3 Å². The van der Waals surface area contributed by atoms with Crippen molar-refractivity contribution < 1.29 is 24.2 Å². The van der Waals surface area contributed by atoms with E-state index < -0.39 is 41.6 Å². The lowest BCUT2D eigenvalue weighted by Gasteiger charge is -2.29. The minimum atomic E-state index is -1.14. The number of nitrogens with zero attached hydrogens (tertiary/aromatic N) is 1. The monoisotopic (exact) mass is 512 g/mol. The van der Waals surface area contributed by atoms with Crippen molar-refractivity contribution in [2.24, 2.45) is 17.6 Å². The smallest absolute Gasteiger partial charge is 0.311 e. The molecule has 1 aromatic heterocycles. The second-order valence-corrected chi connectivity index (χ2v) is 10.6. The highest BCUT2D eigenvalue weighted by atomic mass is 16.6. The van der Waals surface area contributed by atoms with Gasteiger partial charge in [-0.1, -0.05) is 38.1 Å². The molecule has 202 valence electrons. The maximum atomic E-state index is 12.7. The summed E-state index contributed by atoms with van der Waals surface area (Å²) in [6.07, 6.45) is 0.782. The number of carbonyl (C=O) groups is 3. The number of hydrogen-bond acceptors (Lipinski definition) is 7. The fraction of sp³-hybridized carbons (Fsp3) is 0.500. The van der Waals surface area contributed by atoms with E-state index in [0.29, 0.717) is 0 Å². The molecular formula is C28H40N4O5. The van der Waals surface area contributed by atoms with Gasteiger partial charge in [0.25, 0.3) is 0 Å². The van der Waals surface area contributed by atoms with Crippen LogP contribution in [0.4, 0.5) is 0 Å². The number of rotatable bonds is 11. The molecule has 0 spiro atoms. The summed E-state index contributed by atoms with van der Waals surface area (Å²) in [5.74, 6) is -2.45. The van der Waals surface area contributed by atoms with E-state index in [4.69, 9.17) is 10.5 Å². The van der Waals surface area contributed by atoms with Crippen LogP contribution in [0.1, 0.15) is 47.1 Å². The first-order chi connectivity index (χ1) is 17.3. The van der Waals surface area contributed by atoms with E-state index >= 15 is 0 Å². The first kappa shape index (κ1) is 29.9. The Balaban J connectivity index is 1.89. The number of nitrogens with one attached hydrogen (secondary N) is 2. The number of aliphatic hydroxyl groups is 1. The molecule has 2 unspecified atom stereocenters. The predicted molar refractivity (Wildman–Crippen MR) is 142 cm³/mol. The highest BCUT2D eigenvalue weighted by Crippen LogP contribution is 2.21. The number of hydrogen-bond donors (Lipinski definition) is 4. The van der Waals surface area contributed by atoms with E-state index in [1.807, 2.05) is 42.5 Å². The third-order valence-electron chi connectivity index (χ3n) is 5.79. The Morgan fingerprint density at radius 3 is 2.38 bits per heavy atom. The van der Waals surface area contributed by atoms with Crippen molar-refractivity contribution in [1.82, 2.24) is 15.6 Å². The molecule has 0 bridgehead atoms. The molecule has 0 aliphatic carbocycles. The summed E-state index contributed by atoms with van der Waals surface area (Å²) in [6.45, 7) is 10.3. The molecule has 0 aliphatic heterocycles. The fourth-order valence-electron chi connectivity index (χ4n) is 3.83. The molecule has 1 heterocycles. The number of carbonyl (C=O) groups excluding carboxylic acids is 3. The van der Waals surface area contributed by atoms with Crippen molar-refractivity contribution in [3.05, 3.63) is 54.2 Å². The normalized spacial score (nSPS) is 14.8. The minimum absolute atomic E-state index is 0.126. The van der Waals surface area contributed by atoms with Crippen LogP contribution in [0, 0.1) is 11.8 Å². The summed E-state index contributed by atoms with van der Waals surface area (Å²) in [6, 6.07) is 11.4. The molecule has 0 saturated carbocycles. The predicted octanol–water partition coefficient (Wildman–Crippen LogP) is 2.21. The van der Waals surface area contributed by atoms with Gasteiger partial charge in [0.15, 0.2) is 0 Å². The molecule has 5 N–H and O–H groups in total. The number of esters is 1. The summed E-state index contributed by atoms with van der Waals surface area (Å²) < 4.78 is 5.42. The molecule has 9 nitrogen and oxygen atoms in total. The largest absolute Gasteiger partial charge is 0.460 e. The second-order valence-electron chi connectivity index (χ2n) is 10.6. The van der Waals surface area contributed by atoms with Gasteiger partial charge in [0, 0.05) is 18.3 Å². The van der Waals surface area contributed by atoms with E-state index in [-0.39, 0.29) is 24.8 Å². The minimum Gasteiger partial charge on any atom is -0.460 e. The van der Waals surface area contributed by atoms with Crippen molar-refractivity contribution >= 4 is 17.8 Å². The van der Waals surface area contributed by atoms with Crippen LogP contribution in [-0.2, 0) is 25.5 Å². The van der Waals surface area contributed by atoms with E-state index in [1.54, 1.807) is 47.7 Å². The SMILES string of the molecule is CC(C)C(C(=O)OC(C)(C)C)[C@H](N)C(=O)NCC(O)[C@H](C)NC(=O)Cc1cccc(-c2ccccn2)c1. The van der Waals surface area contributed by atoms with Crippen LogP contribution >= 0.6 is 0 Å². The molecule has 2 amide bonds. The lowest BCUT2D eigenvalue weighted by Crippen LogP contribution is -2.54. The van der Waals surface area contributed by atoms with Crippen molar-refractivity contribution in [3.63, 3.8) is 0 Å². The molecule has 0 aliphatic rings. The summed E-state index contributed by atoms with van der Waals surface area (Å²) in [5, 5.41) is 15.8. The van der Waals surface area contributed by atoms with Crippen LogP contribution in [-0.4, -0.2) is 58.2 Å². The summed E-state index contributed by atoms with van der Waals surface area (Å²) >= 11 is 0. The molecule has 2 aromatic rings. The number of nitrogens with two attached hydrogens (primary N) is 1. The molecular weight excluding hydrogens is 472 g/mol. The van der Waals surface area contributed by atoms with Gasteiger partial charge in [-0.3, -0.25) is 19.4 Å². The van der Waals surface area contributed by atoms with Gasteiger partial charge >= 0.3 is 5.97 Å². The van der Waals surface area contributed by atoms with Gasteiger partial charge in [0.05, 0.1) is 36.2 Å². The highest BCUT2D eigenvalue weighted by Gasteiger charge is 2.36. The quantitative estimate of drug-likeness (QED) is 0.338. The summed E-state index contributed by atoms with van der Waals surface area (Å²) in [7, 11) is 0. The number of amides is 2. The first-order valence-electron chi connectivity index (χ1n) is 12.5. The lowest BCUT2D eigenvalue weighted by atomic mass is 9.88. The average molecular weight is 513 g/mol. The molecule has 2 rings (SSSR count). The summed E-state index contributed by atoms with van der Waals surface area (Å²) in [5.41, 5.74) is 7.92. The number of pyridine rings is 1. The van der Waals surface area contributed by atoms with Gasteiger partial charge in [0.1, 0.15) is 5.60 Å². The van der Waals surface area contributed by atoms with Crippen molar-refractivity contribution in [1.29, 1.82) is 0 Å². The Bertz CT molecular complexity index is 1050. The van der Waals surface area contributed by atoms with Crippen LogP contribution < -0.4 is 16.4 Å². The van der Waals surface area contributed by atoms with Crippen LogP contribution in [0.2, 0.25) is 0 Å². The van der Waals surface area contributed by atoms with Crippen LogP contribution in [0.5, 0.6) is 0 Å². The van der Waals surface area contributed by atoms with Crippen molar-refractivity contribution in [2.45, 2.75) is 71.8 Å². The molecule has 37 heavy (non-hydrogen) atoms. The maximum Gasteiger partial charge on any atom is 0.311 e. The van der Waals surface area contributed by atoms with Crippen molar-refractivity contribution in [3.8, 4) is 11.3 Å². The standard InChI is InChI=1S/C28H40N4O5/c1-17(2)24(27(36)37-28(4,5)6)25(29)26(35)31-16-22(33)18(3)32-23(34)15-19-10-9-11-20(14-19)21-12-7-8-13-30-21/h7-14,17-18,22,24-25,33H,15-16,29H2,1-6H3,(H,31,35)(H,32,34)/t18-,22?,24?,25-/m0/s1. The van der Waals surface area contributed by atoms with Gasteiger partial charge < -0.3 is 26.2 Å². The molecule has 0 saturated heterocycles. The van der Waals surface area contributed by atoms with Gasteiger partial charge in [-0.15, -0.1) is 0 Å². The molecule has 9 heteroatoms. The topological polar surface area (TPSA) is 144 Å². The van der Waals surface area contributed by atoms with Gasteiger partial charge in [-0.25, -0.2) is 0 Å². The van der Waals surface area contributed by atoms with E-state index in [0.717, 1.165) is 16.8 Å². The molecule has 0 fully saturated rings. The Kier molecular flexibility index (Phi) is 10.8. The molecule has 1 aromatic carbocycles. The number of ether oxygens (including phenoxy) is 1. The van der Waals surface area contributed by atoms with Gasteiger partial charge in [0.2, 0.25) is 11.8 Å². The number of benzene rings is 1. The molecule has 4 atom stereocenters. The third-order valence-corrected chi connectivity index (χ3v) is 5.79. The third kappa shape index (κ3) is 9.59. The van der Waals surface area contributed by atoms with Crippen LogP contribution in [0.3, 0.4) is 0 Å². The van der Waals surface area contributed by atoms with E-state index in [1.165, 1.54) is 0 Å². The Hall–Kier alpha value is -3.30. The van der Waals surface area contributed by atoms with Crippen molar-refractivity contribution in [2.75, 3.05) is 6.54 Å². The first-order valence-corrected chi connectivity index (χ1v) is 12.5. The average Bonchev–Trinajstić information content (AvgIpc) is 2.81. The molecule has 0 radical (unpaired) electrons. The number of aromatic nitrogens is 1. The Morgan fingerprint density at radius 1 is 1.08 bits per heavy atom. The zero-order valence-electron chi connectivity index (χ0n) is 22.5.